The Labute approximate surface area is 245 Å². The number of pyridine rings is 2. The summed E-state index contributed by atoms with van der Waals surface area (Å²) < 4.78 is 43.2. The predicted octanol–water partition coefficient (Wildman–Crippen LogP) is 5.80. The van der Waals surface area contributed by atoms with Gasteiger partial charge in [0.15, 0.2) is 0 Å². The smallest absolute Gasteiger partial charge is 0.369 e. The van der Waals surface area contributed by atoms with Crippen molar-refractivity contribution < 1.29 is 18.0 Å². The van der Waals surface area contributed by atoms with Crippen LogP contribution < -0.4 is 15.8 Å². The molecule has 1 fully saturated rings. The second-order valence-electron chi connectivity index (χ2n) is 10.9. The van der Waals surface area contributed by atoms with Crippen molar-refractivity contribution in [3.63, 3.8) is 0 Å². The monoisotopic (exact) mass is 588 g/mol. The molecule has 0 unspecified atom stereocenters. The van der Waals surface area contributed by atoms with Gasteiger partial charge in [0.2, 0.25) is 0 Å². The largest absolute Gasteiger partial charge is 0.416 e. The fourth-order valence-electron chi connectivity index (χ4n) is 5.79. The minimum Gasteiger partial charge on any atom is -0.369 e. The van der Waals surface area contributed by atoms with E-state index in [9.17, 15) is 22.8 Å². The van der Waals surface area contributed by atoms with Crippen LogP contribution in [0.3, 0.4) is 0 Å². The number of amides is 1. The molecule has 1 aliphatic heterocycles. The number of aryl methyl sites for hydroxylation is 2. The van der Waals surface area contributed by atoms with Gasteiger partial charge in [0, 0.05) is 78.9 Å². The van der Waals surface area contributed by atoms with E-state index in [1.54, 1.807) is 48.3 Å². The minimum atomic E-state index is -4.61. The molecule has 222 valence electrons. The number of aromatic amines is 1. The van der Waals surface area contributed by atoms with Crippen LogP contribution in [-0.4, -0.2) is 58.1 Å². The van der Waals surface area contributed by atoms with Crippen molar-refractivity contribution in [1.29, 1.82) is 0 Å². The molecule has 1 saturated heterocycles. The molecule has 3 aromatic heterocycles. The Hall–Kier alpha value is -4.64. The summed E-state index contributed by atoms with van der Waals surface area (Å²) in [4.78, 5) is 38.5. The Bertz CT molecular complexity index is 1920. The third kappa shape index (κ3) is 5.36. The Morgan fingerprint density at radius 1 is 1.02 bits per heavy atom. The number of rotatable bonds is 5. The summed E-state index contributed by atoms with van der Waals surface area (Å²) in [5.74, 6) is -0.667. The highest BCUT2D eigenvalue weighted by molar-refractivity contribution is 6.06. The number of piperazine rings is 1. The zero-order valence-electron chi connectivity index (χ0n) is 24.0. The maximum Gasteiger partial charge on any atom is 0.416 e. The predicted molar refractivity (Wildman–Crippen MR) is 163 cm³/mol. The molecule has 11 heteroatoms. The van der Waals surface area contributed by atoms with Crippen LogP contribution in [0.25, 0.3) is 33.1 Å². The first kappa shape index (κ1) is 28.5. The van der Waals surface area contributed by atoms with Gasteiger partial charge >= 0.3 is 6.18 Å². The molecule has 8 nitrogen and oxygen atoms in total. The maximum atomic E-state index is 13.9. The molecule has 2 aromatic carbocycles. The zero-order valence-corrected chi connectivity index (χ0v) is 24.0. The maximum absolute atomic E-state index is 13.9. The van der Waals surface area contributed by atoms with Crippen LogP contribution >= 0.6 is 0 Å². The van der Waals surface area contributed by atoms with E-state index in [0.29, 0.717) is 41.2 Å². The molecule has 0 atom stereocenters. The van der Waals surface area contributed by atoms with E-state index in [-0.39, 0.29) is 11.1 Å². The standard InChI is InChI=1S/C32H31F3N6O2/c1-4-40-9-11-41(12-10-40)24-14-20(13-22(16-24)32(33,34)35)30(42)38-23-6-5-19(2)26(17-23)27-15-21-18-37-29-25(7-8-36-29)28(21)39(3)31(27)43/h5-8,13-18H,4,9-12H2,1-3H3,(H,36,37)(H,38,42). The van der Waals surface area contributed by atoms with Gasteiger partial charge in [-0.2, -0.15) is 13.2 Å². The average molecular weight is 589 g/mol. The van der Waals surface area contributed by atoms with E-state index in [2.05, 4.69) is 27.1 Å². The number of anilines is 2. The lowest BCUT2D eigenvalue weighted by atomic mass is 9.99. The Morgan fingerprint density at radius 2 is 1.79 bits per heavy atom. The number of fused-ring (bicyclic) bond motifs is 3. The molecule has 1 aliphatic rings. The quantitative estimate of drug-likeness (QED) is 0.271. The van der Waals surface area contributed by atoms with Gasteiger partial charge < -0.3 is 24.7 Å². The lowest BCUT2D eigenvalue weighted by Gasteiger charge is -2.36. The second-order valence-corrected chi connectivity index (χ2v) is 10.9. The topological polar surface area (TPSA) is 86.3 Å². The number of benzene rings is 2. The molecule has 0 radical (unpaired) electrons. The second kappa shape index (κ2) is 10.9. The van der Waals surface area contributed by atoms with E-state index < -0.39 is 17.6 Å². The molecule has 1 amide bonds. The average Bonchev–Trinajstić information content (AvgIpc) is 3.48. The van der Waals surface area contributed by atoms with Crippen molar-refractivity contribution in [2.45, 2.75) is 20.0 Å². The summed E-state index contributed by atoms with van der Waals surface area (Å²) in [5.41, 5.74) is 2.80. The molecule has 0 bridgehead atoms. The van der Waals surface area contributed by atoms with Gasteiger partial charge in [-0.15, -0.1) is 0 Å². The van der Waals surface area contributed by atoms with Crippen molar-refractivity contribution >= 4 is 39.2 Å². The van der Waals surface area contributed by atoms with E-state index >= 15 is 0 Å². The molecule has 0 spiro atoms. The first-order valence-corrected chi connectivity index (χ1v) is 14.1. The number of carbonyl (C=O) groups is 1. The van der Waals surface area contributed by atoms with Gasteiger partial charge in [-0.1, -0.05) is 13.0 Å². The van der Waals surface area contributed by atoms with Gasteiger partial charge in [0.25, 0.3) is 11.5 Å². The van der Waals surface area contributed by atoms with Crippen molar-refractivity contribution in [2.24, 2.45) is 7.05 Å². The first-order valence-electron chi connectivity index (χ1n) is 14.1. The van der Waals surface area contributed by atoms with Crippen LogP contribution in [0.4, 0.5) is 24.5 Å². The van der Waals surface area contributed by atoms with Crippen LogP contribution in [0, 0.1) is 6.92 Å². The molecule has 0 saturated carbocycles. The van der Waals surface area contributed by atoms with Crippen molar-refractivity contribution in [3.05, 3.63) is 88.0 Å². The van der Waals surface area contributed by atoms with Crippen LogP contribution in [0.15, 0.2) is 65.7 Å². The number of hydrogen-bond donors (Lipinski definition) is 2. The van der Waals surface area contributed by atoms with E-state index in [0.717, 1.165) is 53.6 Å². The number of halogens is 3. The molecular weight excluding hydrogens is 557 g/mol. The normalized spacial score (nSPS) is 14.5. The fourth-order valence-corrected chi connectivity index (χ4v) is 5.79. The summed E-state index contributed by atoms with van der Waals surface area (Å²) in [6.07, 6.45) is -1.14. The number of carbonyl (C=O) groups excluding carboxylic acids is 1. The minimum absolute atomic E-state index is 0.0897. The fraction of sp³-hybridized carbons (Fsp3) is 0.281. The van der Waals surface area contributed by atoms with Crippen LogP contribution in [-0.2, 0) is 13.2 Å². The molecular formula is C32H31F3N6O2. The highest BCUT2D eigenvalue weighted by Gasteiger charge is 2.33. The Balaban J connectivity index is 1.34. The number of nitrogens with zero attached hydrogens (tertiary/aromatic N) is 4. The highest BCUT2D eigenvalue weighted by atomic mass is 19.4. The van der Waals surface area contributed by atoms with Crippen molar-refractivity contribution in [3.8, 4) is 11.1 Å². The third-order valence-electron chi connectivity index (χ3n) is 8.23. The number of H-pyrrole nitrogens is 1. The van der Waals surface area contributed by atoms with E-state index in [4.69, 9.17) is 0 Å². The zero-order chi connectivity index (χ0) is 30.5. The highest BCUT2D eigenvalue weighted by Crippen LogP contribution is 2.34. The van der Waals surface area contributed by atoms with Gasteiger partial charge in [0.1, 0.15) is 5.65 Å². The van der Waals surface area contributed by atoms with Crippen LogP contribution in [0.2, 0.25) is 0 Å². The number of alkyl halides is 3. The SMILES string of the molecule is CCN1CCN(c2cc(C(=O)Nc3ccc(C)c(-c4cc5cnc6[nH]ccc6c5n(C)c4=O)c3)cc(C(F)(F)F)c2)CC1. The van der Waals surface area contributed by atoms with Crippen LogP contribution in [0.1, 0.15) is 28.4 Å². The molecule has 0 aliphatic carbocycles. The van der Waals surface area contributed by atoms with Gasteiger partial charge in [0.05, 0.1) is 11.1 Å². The molecule has 6 rings (SSSR count). The molecule has 2 N–H and O–H groups in total. The summed E-state index contributed by atoms with van der Waals surface area (Å²) in [7, 11) is 1.70. The van der Waals surface area contributed by atoms with Crippen molar-refractivity contribution in [1.82, 2.24) is 19.4 Å². The summed E-state index contributed by atoms with van der Waals surface area (Å²) in [5, 5.41) is 4.35. The number of aromatic nitrogens is 3. The first-order chi connectivity index (χ1) is 20.5. The Kier molecular flexibility index (Phi) is 7.21. The van der Waals surface area contributed by atoms with E-state index in [1.165, 1.54) is 6.07 Å². The van der Waals surface area contributed by atoms with Gasteiger partial charge in [-0.3, -0.25) is 9.59 Å². The summed E-state index contributed by atoms with van der Waals surface area (Å²) in [6.45, 7) is 7.40. The summed E-state index contributed by atoms with van der Waals surface area (Å²) >= 11 is 0. The number of nitrogens with one attached hydrogen (secondary N) is 2. The van der Waals surface area contributed by atoms with Crippen molar-refractivity contribution in [2.75, 3.05) is 42.9 Å². The van der Waals surface area contributed by atoms with Gasteiger partial charge in [-0.05, 0) is 67.1 Å². The molecule has 4 heterocycles. The number of hydrogen-bond acceptors (Lipinski definition) is 5. The lowest BCUT2D eigenvalue weighted by Crippen LogP contribution is -2.46. The van der Waals surface area contributed by atoms with Crippen LogP contribution in [0.5, 0.6) is 0 Å². The molecule has 5 aromatic rings. The van der Waals surface area contributed by atoms with Gasteiger partial charge in [-0.25, -0.2) is 4.98 Å². The lowest BCUT2D eigenvalue weighted by molar-refractivity contribution is -0.137. The third-order valence-corrected chi connectivity index (χ3v) is 8.23. The summed E-state index contributed by atoms with van der Waals surface area (Å²) in [6, 6.07) is 12.3. The Morgan fingerprint density at radius 3 is 2.51 bits per heavy atom. The number of likely N-dealkylation sites (N-methyl/N-ethyl adjacent to an activating group) is 1. The van der Waals surface area contributed by atoms with E-state index in [1.807, 2.05) is 17.9 Å². The molecule has 43 heavy (non-hydrogen) atoms.